The number of carbonyl (C=O) groups is 1. The van der Waals surface area contributed by atoms with Gasteiger partial charge in [0.1, 0.15) is 5.82 Å². The Kier molecular flexibility index (Phi) is 3.87. The van der Waals surface area contributed by atoms with Crippen molar-refractivity contribution in [1.82, 2.24) is 15.0 Å². The lowest BCUT2D eigenvalue weighted by atomic mass is 10.3. The zero-order valence-corrected chi connectivity index (χ0v) is 12.0. The van der Waals surface area contributed by atoms with Gasteiger partial charge in [-0.3, -0.25) is 9.78 Å². The lowest BCUT2D eigenvalue weighted by molar-refractivity contribution is -0.111. The van der Waals surface area contributed by atoms with E-state index in [1.54, 1.807) is 18.5 Å². The Labute approximate surface area is 127 Å². The van der Waals surface area contributed by atoms with Crippen LogP contribution >= 0.6 is 0 Å². The van der Waals surface area contributed by atoms with E-state index in [9.17, 15) is 4.79 Å². The van der Waals surface area contributed by atoms with Crippen molar-refractivity contribution in [1.29, 1.82) is 0 Å². The molecule has 0 saturated heterocycles. The Balaban J connectivity index is 1.73. The number of fused-ring (bicyclic) bond motifs is 1. The minimum Gasteiger partial charge on any atom is -0.307 e. The van der Waals surface area contributed by atoms with E-state index in [1.165, 1.54) is 6.08 Å². The van der Waals surface area contributed by atoms with Gasteiger partial charge in [0.25, 0.3) is 0 Å². The Morgan fingerprint density at radius 1 is 1.14 bits per heavy atom. The van der Waals surface area contributed by atoms with Gasteiger partial charge in [-0.2, -0.15) is 0 Å². The molecule has 2 heterocycles. The molecule has 0 saturated carbocycles. The van der Waals surface area contributed by atoms with E-state index in [0.29, 0.717) is 11.5 Å². The Bertz CT molecular complexity index is 858. The molecule has 0 radical (unpaired) electrons. The van der Waals surface area contributed by atoms with Crippen LogP contribution < -0.4 is 5.32 Å². The van der Waals surface area contributed by atoms with Gasteiger partial charge in [0.2, 0.25) is 5.91 Å². The van der Waals surface area contributed by atoms with Gasteiger partial charge in [-0.1, -0.05) is 12.1 Å². The quantitative estimate of drug-likeness (QED) is 0.753. The molecule has 0 fully saturated rings. The number of carbonyl (C=O) groups excluding carboxylic acids is 1. The SMILES string of the molecule is Cc1ccnc(NC(=O)/C=C/c2cnc3ccccc3n2)c1. The van der Waals surface area contributed by atoms with Crippen molar-refractivity contribution in [2.24, 2.45) is 0 Å². The van der Waals surface area contributed by atoms with E-state index in [2.05, 4.69) is 20.3 Å². The van der Waals surface area contributed by atoms with Gasteiger partial charge in [-0.15, -0.1) is 0 Å². The Morgan fingerprint density at radius 2 is 1.95 bits per heavy atom. The highest BCUT2D eigenvalue weighted by Gasteiger charge is 2.00. The molecular weight excluding hydrogens is 276 g/mol. The minimum atomic E-state index is -0.256. The number of aromatic nitrogens is 3. The molecule has 3 rings (SSSR count). The number of amides is 1. The predicted molar refractivity (Wildman–Crippen MR) is 86.2 cm³/mol. The summed E-state index contributed by atoms with van der Waals surface area (Å²) >= 11 is 0. The number of hydrogen-bond acceptors (Lipinski definition) is 4. The molecule has 1 aromatic carbocycles. The maximum atomic E-state index is 11.9. The third-order valence-electron chi connectivity index (χ3n) is 3.04. The molecule has 1 amide bonds. The first-order valence-electron chi connectivity index (χ1n) is 6.84. The van der Waals surface area contributed by atoms with Crippen molar-refractivity contribution in [3.05, 3.63) is 66.1 Å². The zero-order valence-electron chi connectivity index (χ0n) is 12.0. The number of rotatable bonds is 3. The van der Waals surface area contributed by atoms with Gasteiger partial charge in [0, 0.05) is 12.3 Å². The molecule has 22 heavy (non-hydrogen) atoms. The Morgan fingerprint density at radius 3 is 2.77 bits per heavy atom. The summed E-state index contributed by atoms with van der Waals surface area (Å²) in [5, 5.41) is 2.71. The number of aryl methyl sites for hydroxylation is 1. The maximum Gasteiger partial charge on any atom is 0.249 e. The molecule has 5 heteroatoms. The third kappa shape index (κ3) is 3.32. The summed E-state index contributed by atoms with van der Waals surface area (Å²) in [6, 6.07) is 11.3. The molecule has 0 bridgehead atoms. The first kappa shape index (κ1) is 13.9. The van der Waals surface area contributed by atoms with Gasteiger partial charge in [-0.05, 0) is 42.8 Å². The van der Waals surface area contributed by atoms with E-state index in [4.69, 9.17) is 0 Å². The van der Waals surface area contributed by atoms with Crippen LogP contribution in [-0.4, -0.2) is 20.9 Å². The highest BCUT2D eigenvalue weighted by molar-refractivity contribution is 6.01. The molecule has 0 atom stereocenters. The topological polar surface area (TPSA) is 67.8 Å². The first-order valence-corrected chi connectivity index (χ1v) is 6.84. The first-order chi connectivity index (χ1) is 10.7. The van der Waals surface area contributed by atoms with Crippen LogP contribution in [0.1, 0.15) is 11.3 Å². The van der Waals surface area contributed by atoms with Crippen LogP contribution in [0.25, 0.3) is 17.1 Å². The molecule has 0 aliphatic heterocycles. The third-order valence-corrected chi connectivity index (χ3v) is 3.04. The van der Waals surface area contributed by atoms with Crippen molar-refractivity contribution in [2.75, 3.05) is 5.32 Å². The van der Waals surface area contributed by atoms with Crippen molar-refractivity contribution >= 4 is 28.8 Å². The van der Waals surface area contributed by atoms with Crippen molar-refractivity contribution in [3.8, 4) is 0 Å². The largest absolute Gasteiger partial charge is 0.307 e. The van der Waals surface area contributed by atoms with Crippen LogP contribution in [0.3, 0.4) is 0 Å². The number of nitrogens with zero attached hydrogens (tertiary/aromatic N) is 3. The van der Waals surface area contributed by atoms with Crippen LogP contribution in [0, 0.1) is 6.92 Å². The standard InChI is InChI=1S/C17H14N4O/c1-12-8-9-18-16(10-12)21-17(22)7-6-13-11-19-14-4-2-3-5-15(14)20-13/h2-11H,1H3,(H,18,21,22)/b7-6+. The normalized spacial score (nSPS) is 11.0. The van der Waals surface area contributed by atoms with Crippen LogP contribution in [0.2, 0.25) is 0 Å². The van der Waals surface area contributed by atoms with Crippen LogP contribution in [-0.2, 0) is 4.79 Å². The fourth-order valence-corrected chi connectivity index (χ4v) is 1.99. The monoisotopic (exact) mass is 290 g/mol. The van der Waals surface area contributed by atoms with Crippen LogP contribution in [0.15, 0.2) is 54.9 Å². The molecule has 3 aromatic rings. The number of anilines is 1. The average molecular weight is 290 g/mol. The van der Waals surface area contributed by atoms with Crippen LogP contribution in [0.4, 0.5) is 5.82 Å². The lowest BCUT2D eigenvalue weighted by Gasteiger charge is -2.01. The summed E-state index contributed by atoms with van der Waals surface area (Å²) < 4.78 is 0. The average Bonchev–Trinajstić information content (AvgIpc) is 2.53. The number of para-hydroxylation sites is 2. The van der Waals surface area contributed by atoms with Crippen LogP contribution in [0.5, 0.6) is 0 Å². The summed E-state index contributed by atoms with van der Waals surface area (Å²) in [5.41, 5.74) is 3.29. The predicted octanol–water partition coefficient (Wildman–Crippen LogP) is 2.99. The summed E-state index contributed by atoms with van der Waals surface area (Å²) in [4.78, 5) is 24.7. The lowest BCUT2D eigenvalue weighted by Crippen LogP contribution is -2.09. The zero-order chi connectivity index (χ0) is 15.4. The van der Waals surface area contributed by atoms with E-state index in [0.717, 1.165) is 16.6 Å². The van der Waals surface area contributed by atoms with Crippen molar-refractivity contribution in [2.45, 2.75) is 6.92 Å². The van der Waals surface area contributed by atoms with Gasteiger partial charge in [-0.25, -0.2) is 9.97 Å². The van der Waals surface area contributed by atoms with E-state index < -0.39 is 0 Å². The Hall–Kier alpha value is -3.08. The second kappa shape index (κ2) is 6.13. The maximum absolute atomic E-state index is 11.9. The second-order valence-electron chi connectivity index (χ2n) is 4.82. The number of nitrogens with one attached hydrogen (secondary N) is 1. The van der Waals surface area contributed by atoms with Gasteiger partial charge < -0.3 is 5.32 Å². The summed E-state index contributed by atoms with van der Waals surface area (Å²) in [6.45, 7) is 1.94. The molecule has 2 aromatic heterocycles. The van der Waals surface area contributed by atoms with Gasteiger partial charge >= 0.3 is 0 Å². The summed E-state index contributed by atoms with van der Waals surface area (Å²) in [7, 11) is 0. The highest BCUT2D eigenvalue weighted by Crippen LogP contribution is 2.09. The minimum absolute atomic E-state index is 0.256. The van der Waals surface area contributed by atoms with E-state index in [1.807, 2.05) is 43.3 Å². The molecule has 5 nitrogen and oxygen atoms in total. The number of benzene rings is 1. The number of pyridine rings is 1. The van der Waals surface area contributed by atoms with Crippen molar-refractivity contribution in [3.63, 3.8) is 0 Å². The van der Waals surface area contributed by atoms with Crippen molar-refractivity contribution < 1.29 is 4.79 Å². The molecule has 0 aliphatic rings. The molecule has 0 spiro atoms. The fraction of sp³-hybridized carbons (Fsp3) is 0.0588. The van der Waals surface area contributed by atoms with E-state index >= 15 is 0 Å². The number of hydrogen-bond donors (Lipinski definition) is 1. The van der Waals surface area contributed by atoms with Gasteiger partial charge in [0.15, 0.2) is 0 Å². The molecule has 1 N–H and O–H groups in total. The molecule has 0 aliphatic carbocycles. The highest BCUT2D eigenvalue weighted by atomic mass is 16.1. The molecule has 0 unspecified atom stereocenters. The van der Waals surface area contributed by atoms with E-state index in [-0.39, 0.29) is 5.91 Å². The fourth-order valence-electron chi connectivity index (χ4n) is 1.99. The second-order valence-corrected chi connectivity index (χ2v) is 4.82. The molecule has 108 valence electrons. The molecular formula is C17H14N4O. The van der Waals surface area contributed by atoms with Gasteiger partial charge in [0.05, 0.1) is 22.9 Å². The smallest absolute Gasteiger partial charge is 0.249 e. The summed E-state index contributed by atoms with van der Waals surface area (Å²) in [6.07, 6.45) is 6.34. The summed E-state index contributed by atoms with van der Waals surface area (Å²) in [5.74, 6) is 0.271.